The van der Waals surface area contributed by atoms with Crippen molar-refractivity contribution in [2.75, 3.05) is 25.2 Å². The molecule has 1 aromatic carbocycles. The summed E-state index contributed by atoms with van der Waals surface area (Å²) < 4.78 is 5.12. The summed E-state index contributed by atoms with van der Waals surface area (Å²) in [5, 5.41) is 10.9. The molecule has 6 heteroatoms. The second-order valence-corrected chi connectivity index (χ2v) is 4.96. The number of hydrogen-bond donors (Lipinski definition) is 0. The smallest absolute Gasteiger partial charge is 0.270 e. The minimum Gasteiger partial charge on any atom is -0.383 e. The fraction of sp³-hybridized carbons (Fsp3) is 0.533. The molecule has 0 amide bonds. The molecule has 0 saturated carbocycles. The fourth-order valence-corrected chi connectivity index (χ4v) is 2.16. The third kappa shape index (κ3) is 4.26. The lowest BCUT2D eigenvalue weighted by Crippen LogP contribution is -2.36. The Bertz CT molecular complexity index is 516. The van der Waals surface area contributed by atoms with E-state index in [-0.39, 0.29) is 17.5 Å². The summed E-state index contributed by atoms with van der Waals surface area (Å²) in [7, 11) is 1.62. The highest BCUT2D eigenvalue weighted by atomic mass is 16.6. The van der Waals surface area contributed by atoms with Gasteiger partial charge in [-0.05, 0) is 26.3 Å². The zero-order valence-electron chi connectivity index (χ0n) is 13.0. The first-order chi connectivity index (χ1) is 9.92. The van der Waals surface area contributed by atoms with Crippen LogP contribution < -0.4 is 4.90 Å². The van der Waals surface area contributed by atoms with E-state index in [1.165, 1.54) is 19.1 Å². The molecule has 0 spiro atoms. The molecule has 1 unspecified atom stereocenters. The number of hydrogen-bond acceptors (Lipinski definition) is 5. The first kappa shape index (κ1) is 17.1. The van der Waals surface area contributed by atoms with Gasteiger partial charge in [0, 0.05) is 43.1 Å². The summed E-state index contributed by atoms with van der Waals surface area (Å²) in [5.41, 5.74) is 1.03. The summed E-state index contributed by atoms with van der Waals surface area (Å²) in [6.45, 7) is 6.69. The number of anilines is 1. The molecule has 0 saturated heterocycles. The van der Waals surface area contributed by atoms with Crippen LogP contribution in [-0.4, -0.2) is 37.0 Å². The van der Waals surface area contributed by atoms with Crippen LogP contribution in [0.3, 0.4) is 0 Å². The lowest BCUT2D eigenvalue weighted by Gasteiger charge is -2.31. The van der Waals surface area contributed by atoms with E-state index >= 15 is 0 Å². The second kappa shape index (κ2) is 7.73. The second-order valence-electron chi connectivity index (χ2n) is 4.96. The molecule has 1 aromatic rings. The summed E-state index contributed by atoms with van der Waals surface area (Å²) in [6, 6.07) is 4.64. The van der Waals surface area contributed by atoms with Crippen molar-refractivity contribution in [3.8, 4) is 0 Å². The van der Waals surface area contributed by atoms with Crippen molar-refractivity contribution in [3.63, 3.8) is 0 Å². The Kier molecular flexibility index (Phi) is 6.30. The molecule has 6 nitrogen and oxygen atoms in total. The standard InChI is InChI=1S/C15H22N2O4/c1-5-11(2)16(8-9-21-4)15-7-6-13(17(19)20)10-14(15)12(3)18/h6-7,10-11H,5,8-9H2,1-4H3. The van der Waals surface area contributed by atoms with E-state index in [1.807, 2.05) is 0 Å². The number of non-ortho nitro benzene ring substituents is 1. The van der Waals surface area contributed by atoms with Crippen LogP contribution in [0.15, 0.2) is 18.2 Å². The Balaban J connectivity index is 3.28. The lowest BCUT2D eigenvalue weighted by molar-refractivity contribution is -0.384. The molecule has 21 heavy (non-hydrogen) atoms. The Hall–Kier alpha value is -1.95. The zero-order valence-corrected chi connectivity index (χ0v) is 13.0. The predicted octanol–water partition coefficient (Wildman–Crippen LogP) is 3.05. The minimum absolute atomic E-state index is 0.0696. The van der Waals surface area contributed by atoms with E-state index in [9.17, 15) is 14.9 Å². The molecule has 0 bridgehead atoms. The molecule has 0 aliphatic carbocycles. The molecule has 116 valence electrons. The van der Waals surface area contributed by atoms with Crippen molar-refractivity contribution in [1.82, 2.24) is 0 Å². The molecular formula is C15H22N2O4. The maximum atomic E-state index is 11.8. The third-order valence-electron chi connectivity index (χ3n) is 3.54. The van der Waals surface area contributed by atoms with Gasteiger partial charge in [0.05, 0.1) is 11.5 Å². The molecule has 0 N–H and O–H groups in total. The Morgan fingerprint density at radius 1 is 1.48 bits per heavy atom. The molecular weight excluding hydrogens is 272 g/mol. The van der Waals surface area contributed by atoms with E-state index in [0.29, 0.717) is 18.7 Å². The molecule has 0 aliphatic heterocycles. The van der Waals surface area contributed by atoms with E-state index in [0.717, 1.165) is 12.1 Å². The van der Waals surface area contributed by atoms with Crippen LogP contribution in [-0.2, 0) is 4.74 Å². The van der Waals surface area contributed by atoms with Gasteiger partial charge in [0.2, 0.25) is 0 Å². The summed E-state index contributed by atoms with van der Waals surface area (Å²) in [5.74, 6) is -0.181. The zero-order chi connectivity index (χ0) is 16.0. The first-order valence-corrected chi connectivity index (χ1v) is 6.97. The van der Waals surface area contributed by atoms with Crippen LogP contribution in [0.5, 0.6) is 0 Å². The van der Waals surface area contributed by atoms with Gasteiger partial charge >= 0.3 is 0 Å². The Labute approximate surface area is 124 Å². The van der Waals surface area contributed by atoms with Crippen LogP contribution in [0.2, 0.25) is 0 Å². The van der Waals surface area contributed by atoms with E-state index < -0.39 is 4.92 Å². The summed E-state index contributed by atoms with van der Waals surface area (Å²) in [6.07, 6.45) is 0.901. The maximum Gasteiger partial charge on any atom is 0.270 e. The number of Topliss-reactive ketones (excluding diaryl/α,β-unsaturated/α-hetero) is 1. The summed E-state index contributed by atoms with van der Waals surface area (Å²) >= 11 is 0. The highest BCUT2D eigenvalue weighted by molar-refractivity contribution is 6.00. The van der Waals surface area contributed by atoms with Gasteiger partial charge in [-0.3, -0.25) is 14.9 Å². The number of rotatable bonds is 8. The molecule has 0 aromatic heterocycles. The number of nitrogens with zero attached hydrogens (tertiary/aromatic N) is 2. The molecule has 1 atom stereocenters. The normalized spacial score (nSPS) is 12.0. The lowest BCUT2D eigenvalue weighted by atomic mass is 10.1. The van der Waals surface area contributed by atoms with Crippen molar-refractivity contribution >= 4 is 17.2 Å². The largest absolute Gasteiger partial charge is 0.383 e. The number of methoxy groups -OCH3 is 1. The average molecular weight is 294 g/mol. The number of benzene rings is 1. The van der Waals surface area contributed by atoms with E-state index in [4.69, 9.17) is 4.74 Å². The van der Waals surface area contributed by atoms with Crippen LogP contribution in [0.4, 0.5) is 11.4 Å². The van der Waals surface area contributed by atoms with Crippen molar-refractivity contribution in [2.24, 2.45) is 0 Å². The number of nitro benzene ring substituents is 1. The van der Waals surface area contributed by atoms with Gasteiger partial charge in [-0.1, -0.05) is 6.92 Å². The molecule has 0 radical (unpaired) electrons. The van der Waals surface area contributed by atoms with Gasteiger partial charge in [0.1, 0.15) is 0 Å². The monoisotopic (exact) mass is 294 g/mol. The number of carbonyl (C=O) groups is 1. The molecule has 0 aliphatic rings. The van der Waals surface area contributed by atoms with Crippen LogP contribution in [0.25, 0.3) is 0 Å². The quantitative estimate of drug-likeness (QED) is 0.418. The topological polar surface area (TPSA) is 72.7 Å². The molecule has 0 fully saturated rings. The SMILES string of the molecule is CCC(C)N(CCOC)c1ccc([N+](=O)[O-])cc1C(C)=O. The van der Waals surface area contributed by atoms with Gasteiger partial charge in [0.25, 0.3) is 5.69 Å². The van der Waals surface area contributed by atoms with Gasteiger partial charge in [-0.25, -0.2) is 0 Å². The molecule has 0 heterocycles. The highest BCUT2D eigenvalue weighted by Crippen LogP contribution is 2.28. The number of ether oxygens (including phenoxy) is 1. The van der Waals surface area contributed by atoms with Crippen LogP contribution in [0, 0.1) is 10.1 Å². The van der Waals surface area contributed by atoms with Crippen LogP contribution in [0.1, 0.15) is 37.6 Å². The Morgan fingerprint density at radius 3 is 2.62 bits per heavy atom. The highest BCUT2D eigenvalue weighted by Gasteiger charge is 2.21. The van der Waals surface area contributed by atoms with Crippen molar-refractivity contribution in [1.29, 1.82) is 0 Å². The minimum atomic E-state index is -0.487. The fourth-order valence-electron chi connectivity index (χ4n) is 2.16. The van der Waals surface area contributed by atoms with Gasteiger partial charge in [0.15, 0.2) is 5.78 Å². The van der Waals surface area contributed by atoms with Crippen molar-refractivity contribution in [2.45, 2.75) is 33.2 Å². The first-order valence-electron chi connectivity index (χ1n) is 6.97. The van der Waals surface area contributed by atoms with Gasteiger partial charge in [-0.15, -0.1) is 0 Å². The van der Waals surface area contributed by atoms with Gasteiger partial charge in [-0.2, -0.15) is 0 Å². The average Bonchev–Trinajstić information content (AvgIpc) is 2.46. The summed E-state index contributed by atoms with van der Waals surface area (Å²) in [4.78, 5) is 24.3. The van der Waals surface area contributed by atoms with Crippen molar-refractivity contribution in [3.05, 3.63) is 33.9 Å². The van der Waals surface area contributed by atoms with E-state index in [2.05, 4.69) is 18.7 Å². The maximum absolute atomic E-state index is 11.8. The predicted molar refractivity (Wildman–Crippen MR) is 82.1 cm³/mol. The third-order valence-corrected chi connectivity index (χ3v) is 3.54. The Morgan fingerprint density at radius 2 is 2.14 bits per heavy atom. The van der Waals surface area contributed by atoms with E-state index in [1.54, 1.807) is 13.2 Å². The molecule has 1 rings (SSSR count). The van der Waals surface area contributed by atoms with Crippen molar-refractivity contribution < 1.29 is 14.5 Å². The van der Waals surface area contributed by atoms with Crippen LogP contribution >= 0.6 is 0 Å². The van der Waals surface area contributed by atoms with Gasteiger partial charge < -0.3 is 9.64 Å². The number of nitro groups is 1. The number of ketones is 1. The number of carbonyl (C=O) groups excluding carboxylic acids is 1.